The van der Waals surface area contributed by atoms with Crippen molar-refractivity contribution in [2.75, 3.05) is 12.4 Å². The molecule has 0 saturated carbocycles. The lowest BCUT2D eigenvalue weighted by atomic mass is 10.1. The van der Waals surface area contributed by atoms with Gasteiger partial charge in [0.25, 0.3) is 0 Å². The van der Waals surface area contributed by atoms with Gasteiger partial charge in [-0.25, -0.2) is 4.79 Å². The van der Waals surface area contributed by atoms with Crippen molar-refractivity contribution in [3.8, 4) is 0 Å². The Kier molecular flexibility index (Phi) is 5.41. The number of hydrogen-bond donors (Lipinski definition) is 1. The zero-order valence-electron chi connectivity index (χ0n) is 15.3. The van der Waals surface area contributed by atoms with Gasteiger partial charge in [0.15, 0.2) is 5.78 Å². The summed E-state index contributed by atoms with van der Waals surface area (Å²) in [6, 6.07) is 9.86. The summed E-state index contributed by atoms with van der Waals surface area (Å²) in [7, 11) is 1.32. The second-order valence-corrected chi connectivity index (χ2v) is 7.02. The molecule has 27 heavy (non-hydrogen) atoms. The van der Waals surface area contributed by atoms with Crippen LogP contribution in [0, 0.1) is 0 Å². The average molecular weight is 384 g/mol. The van der Waals surface area contributed by atoms with E-state index in [4.69, 9.17) is 4.74 Å². The molecular formula is C20H20N2O4S. The van der Waals surface area contributed by atoms with E-state index < -0.39 is 12.0 Å². The highest BCUT2D eigenvalue weighted by Gasteiger charge is 2.27. The number of fused-ring (bicyclic) bond motifs is 1. The van der Waals surface area contributed by atoms with Gasteiger partial charge in [-0.2, -0.15) is 0 Å². The molecule has 6 nitrogen and oxygen atoms in total. The molecule has 3 aromatic rings. The minimum atomic E-state index is -0.587. The summed E-state index contributed by atoms with van der Waals surface area (Å²) in [6.45, 7) is 3.36. The lowest BCUT2D eigenvalue weighted by molar-refractivity contribution is -0.119. The van der Waals surface area contributed by atoms with E-state index >= 15 is 0 Å². The first-order chi connectivity index (χ1) is 13.0. The highest BCUT2D eigenvalue weighted by molar-refractivity contribution is 7.16. The fraction of sp³-hybridized carbons (Fsp3) is 0.250. The van der Waals surface area contributed by atoms with Gasteiger partial charge in [-0.05, 0) is 43.0 Å². The Balaban J connectivity index is 1.97. The molecule has 2 aromatic heterocycles. The SMILES string of the molecule is CC[C@@H](C(=O)Nc1cccc(C(C)=O)c1)n1c(C(=O)OC)cc2ccsc21. The molecule has 7 heteroatoms. The Labute approximate surface area is 160 Å². The fourth-order valence-corrected chi connectivity index (χ4v) is 3.99. The summed E-state index contributed by atoms with van der Waals surface area (Å²) in [5, 5.41) is 5.67. The number of ketones is 1. The third-order valence-corrected chi connectivity index (χ3v) is 5.30. The van der Waals surface area contributed by atoms with E-state index in [-0.39, 0.29) is 11.7 Å². The minimum absolute atomic E-state index is 0.0724. The van der Waals surface area contributed by atoms with Crippen LogP contribution >= 0.6 is 11.3 Å². The Hall–Kier alpha value is -2.93. The van der Waals surface area contributed by atoms with Crippen LogP contribution in [0.5, 0.6) is 0 Å². The second kappa shape index (κ2) is 7.75. The van der Waals surface area contributed by atoms with Crippen LogP contribution in [0.1, 0.15) is 47.2 Å². The number of anilines is 1. The van der Waals surface area contributed by atoms with Gasteiger partial charge in [-0.15, -0.1) is 11.3 Å². The number of nitrogens with one attached hydrogen (secondary N) is 1. The van der Waals surface area contributed by atoms with Crippen LogP contribution in [0.15, 0.2) is 41.8 Å². The lowest BCUT2D eigenvalue weighted by Gasteiger charge is -2.20. The van der Waals surface area contributed by atoms with Crippen LogP contribution in [-0.4, -0.2) is 29.3 Å². The molecule has 140 valence electrons. The summed E-state index contributed by atoms with van der Waals surface area (Å²) in [5.74, 6) is -0.811. The van der Waals surface area contributed by atoms with Crippen molar-refractivity contribution in [3.63, 3.8) is 0 Å². The highest BCUT2D eigenvalue weighted by Crippen LogP contribution is 2.31. The number of benzene rings is 1. The molecule has 0 fully saturated rings. The number of thiophene rings is 1. The van der Waals surface area contributed by atoms with Gasteiger partial charge in [-0.3, -0.25) is 9.59 Å². The van der Waals surface area contributed by atoms with Gasteiger partial charge in [0, 0.05) is 16.6 Å². The summed E-state index contributed by atoms with van der Waals surface area (Å²) in [5.41, 5.74) is 1.41. The number of esters is 1. The van der Waals surface area contributed by atoms with Crippen molar-refractivity contribution in [1.29, 1.82) is 0 Å². The van der Waals surface area contributed by atoms with Crippen LogP contribution < -0.4 is 5.32 Å². The predicted octanol–water partition coefficient (Wildman–Crippen LogP) is 4.28. The smallest absolute Gasteiger partial charge is 0.354 e. The average Bonchev–Trinajstić information content (AvgIpc) is 3.24. The van der Waals surface area contributed by atoms with E-state index in [1.807, 2.05) is 18.4 Å². The van der Waals surface area contributed by atoms with Crippen molar-refractivity contribution in [2.45, 2.75) is 26.3 Å². The number of methoxy groups -OCH3 is 1. The summed E-state index contributed by atoms with van der Waals surface area (Å²) in [6.07, 6.45) is 0.490. The van der Waals surface area contributed by atoms with Gasteiger partial charge in [0.05, 0.1) is 7.11 Å². The molecule has 1 amide bonds. The molecule has 0 aliphatic heterocycles. The number of hydrogen-bond acceptors (Lipinski definition) is 5. The molecule has 1 aromatic carbocycles. The van der Waals surface area contributed by atoms with Gasteiger partial charge in [0.2, 0.25) is 5.91 Å². The van der Waals surface area contributed by atoms with E-state index in [9.17, 15) is 14.4 Å². The Morgan fingerprint density at radius 2 is 2.00 bits per heavy atom. The van der Waals surface area contributed by atoms with Crippen molar-refractivity contribution in [2.24, 2.45) is 0 Å². The Bertz CT molecular complexity index is 1020. The molecule has 0 saturated heterocycles. The van der Waals surface area contributed by atoms with Crippen molar-refractivity contribution >= 4 is 44.9 Å². The summed E-state index contributed by atoms with van der Waals surface area (Å²) < 4.78 is 6.62. The quantitative estimate of drug-likeness (QED) is 0.508. The molecule has 0 unspecified atom stereocenters. The molecule has 0 aliphatic rings. The van der Waals surface area contributed by atoms with E-state index in [0.717, 1.165) is 10.2 Å². The third-order valence-electron chi connectivity index (χ3n) is 4.38. The van der Waals surface area contributed by atoms with E-state index in [1.54, 1.807) is 34.9 Å². The van der Waals surface area contributed by atoms with Crippen LogP contribution in [0.4, 0.5) is 5.69 Å². The number of carbonyl (C=O) groups is 3. The van der Waals surface area contributed by atoms with E-state index in [1.165, 1.54) is 25.4 Å². The number of nitrogens with zero attached hydrogens (tertiary/aromatic N) is 1. The minimum Gasteiger partial charge on any atom is -0.464 e. The number of carbonyl (C=O) groups excluding carboxylic acids is 3. The summed E-state index contributed by atoms with van der Waals surface area (Å²) >= 11 is 1.47. The molecule has 0 aliphatic carbocycles. The van der Waals surface area contributed by atoms with Crippen LogP contribution in [0.2, 0.25) is 0 Å². The molecule has 0 spiro atoms. The van der Waals surface area contributed by atoms with Gasteiger partial charge in [-0.1, -0.05) is 19.1 Å². The van der Waals surface area contributed by atoms with Crippen LogP contribution in [0.25, 0.3) is 10.2 Å². The first-order valence-electron chi connectivity index (χ1n) is 8.54. The first-order valence-corrected chi connectivity index (χ1v) is 9.42. The monoisotopic (exact) mass is 384 g/mol. The summed E-state index contributed by atoms with van der Waals surface area (Å²) in [4.78, 5) is 37.6. The largest absolute Gasteiger partial charge is 0.464 e. The van der Waals surface area contributed by atoms with Gasteiger partial charge >= 0.3 is 5.97 Å². The normalized spacial score (nSPS) is 12.0. The number of Topliss-reactive ketones (excluding diaryl/α,β-unsaturated/α-hetero) is 1. The van der Waals surface area contributed by atoms with Gasteiger partial charge < -0.3 is 14.6 Å². The number of aromatic nitrogens is 1. The number of amides is 1. The Morgan fingerprint density at radius 1 is 1.22 bits per heavy atom. The van der Waals surface area contributed by atoms with Crippen LogP contribution in [-0.2, 0) is 9.53 Å². The highest BCUT2D eigenvalue weighted by atomic mass is 32.1. The molecule has 3 rings (SSSR count). The fourth-order valence-electron chi connectivity index (χ4n) is 3.04. The number of ether oxygens (including phenoxy) is 1. The maximum absolute atomic E-state index is 13.0. The van der Waals surface area contributed by atoms with E-state index in [2.05, 4.69) is 5.32 Å². The Morgan fingerprint density at radius 3 is 2.67 bits per heavy atom. The van der Waals surface area contributed by atoms with Crippen LogP contribution in [0.3, 0.4) is 0 Å². The maximum Gasteiger partial charge on any atom is 0.354 e. The molecule has 1 N–H and O–H groups in total. The predicted molar refractivity (Wildman–Crippen MR) is 106 cm³/mol. The zero-order chi connectivity index (χ0) is 19.6. The molecule has 1 atom stereocenters. The molecular weight excluding hydrogens is 364 g/mol. The van der Waals surface area contributed by atoms with Crippen molar-refractivity contribution in [1.82, 2.24) is 4.57 Å². The first kappa shape index (κ1) is 18.8. The molecule has 2 heterocycles. The molecule has 0 radical (unpaired) electrons. The van der Waals surface area contributed by atoms with E-state index in [0.29, 0.717) is 23.4 Å². The van der Waals surface area contributed by atoms with Crippen molar-refractivity contribution in [3.05, 3.63) is 53.0 Å². The zero-order valence-corrected chi connectivity index (χ0v) is 16.1. The topological polar surface area (TPSA) is 77.4 Å². The number of rotatable bonds is 6. The molecule has 0 bridgehead atoms. The lowest BCUT2D eigenvalue weighted by Crippen LogP contribution is -2.27. The van der Waals surface area contributed by atoms with Gasteiger partial charge in [0.1, 0.15) is 16.6 Å². The standard InChI is InChI=1S/C20H20N2O4S/c1-4-16(18(24)21-15-7-5-6-13(10-15)12(2)23)22-17(20(25)26-3)11-14-8-9-27-19(14)22/h5-11,16H,4H2,1-3H3,(H,21,24)/t16-/m0/s1. The van der Waals surface area contributed by atoms with Crippen molar-refractivity contribution < 1.29 is 19.1 Å². The second-order valence-electron chi connectivity index (χ2n) is 6.12. The third kappa shape index (κ3) is 3.64. The maximum atomic E-state index is 13.0.